The number of hydrogen-bond donors (Lipinski definition) is 3. The third-order valence-electron chi connectivity index (χ3n) is 2.39. The number of carbonyl (C=O) groups excluding carboxylic acids is 1. The zero-order chi connectivity index (χ0) is 16.2. The van der Waals surface area contributed by atoms with Gasteiger partial charge >= 0.3 is 6.09 Å². The molecule has 0 aromatic carbocycles. The number of aromatic nitrogens is 1. The van der Waals surface area contributed by atoms with Crippen LogP contribution in [0.5, 0.6) is 0 Å². The van der Waals surface area contributed by atoms with Crippen LogP contribution in [0.25, 0.3) is 0 Å². The molecule has 21 heavy (non-hydrogen) atoms. The van der Waals surface area contributed by atoms with Gasteiger partial charge in [0.25, 0.3) is 0 Å². The van der Waals surface area contributed by atoms with Gasteiger partial charge in [-0.1, -0.05) is 11.6 Å². The van der Waals surface area contributed by atoms with Crippen LogP contribution in [0.2, 0.25) is 5.15 Å². The average Bonchev–Trinajstić information content (AvgIpc) is 2.36. The van der Waals surface area contributed by atoms with Crippen LogP contribution < -0.4 is 5.32 Å². The maximum Gasteiger partial charge on any atom is 0.407 e. The molecule has 0 radical (unpaired) electrons. The molecule has 1 rings (SSSR count). The highest BCUT2D eigenvalue weighted by Gasteiger charge is 2.23. The normalized spacial score (nSPS) is 14.4. The first-order valence-corrected chi connectivity index (χ1v) is 7.41. The minimum absolute atomic E-state index is 0.164. The van der Waals surface area contributed by atoms with Gasteiger partial charge in [-0.25, -0.2) is 9.78 Å². The Bertz CT molecular complexity index is 507. The smallest absolute Gasteiger partial charge is 0.407 e. The molecule has 1 aromatic heterocycles. The van der Waals surface area contributed by atoms with E-state index in [1.165, 1.54) is 12.3 Å². The van der Waals surface area contributed by atoms with Gasteiger partial charge < -0.3 is 20.3 Å². The molecule has 2 unspecified atom stereocenters. The molecule has 118 valence electrons. The molecule has 0 aliphatic heterocycles. The predicted molar refractivity (Wildman–Crippen MR) is 82.2 cm³/mol. The summed E-state index contributed by atoms with van der Waals surface area (Å²) in [5.74, 6) is 0. The molecular formula is C13H18BrClN2O4. The van der Waals surface area contributed by atoms with Gasteiger partial charge in [-0.15, -0.1) is 0 Å². The van der Waals surface area contributed by atoms with Crippen molar-refractivity contribution >= 4 is 33.6 Å². The van der Waals surface area contributed by atoms with Gasteiger partial charge in [-0.3, -0.25) is 0 Å². The molecule has 8 heteroatoms. The number of nitrogens with one attached hydrogen (secondary N) is 1. The lowest BCUT2D eigenvalue weighted by Crippen LogP contribution is -2.38. The molecule has 6 nitrogen and oxygen atoms in total. The maximum atomic E-state index is 11.5. The standard InChI is InChI=1S/C13H18BrClN2O4/c1-13(2,3)21-12(20)17-6-9(18)11(19)7-4-10(15)16-5-8(7)14/h4-5,9,11,18-19H,6H2,1-3H3,(H,17,20). The molecule has 1 aromatic rings. The second-order valence-electron chi connectivity index (χ2n) is 5.42. The number of hydrogen-bond acceptors (Lipinski definition) is 5. The summed E-state index contributed by atoms with van der Waals surface area (Å²) in [6.45, 7) is 5.03. The van der Waals surface area contributed by atoms with Gasteiger partial charge in [0.05, 0.1) is 0 Å². The highest BCUT2D eigenvalue weighted by Crippen LogP contribution is 2.27. The zero-order valence-corrected chi connectivity index (χ0v) is 14.3. The van der Waals surface area contributed by atoms with E-state index in [0.717, 1.165) is 0 Å². The number of amides is 1. The molecular weight excluding hydrogens is 364 g/mol. The molecule has 0 saturated carbocycles. The Morgan fingerprint density at radius 1 is 1.52 bits per heavy atom. The fourth-order valence-corrected chi connectivity index (χ4v) is 2.09. The minimum Gasteiger partial charge on any atom is -0.444 e. The van der Waals surface area contributed by atoms with E-state index in [2.05, 4.69) is 26.2 Å². The number of aliphatic hydroxyl groups is 2. The second-order valence-corrected chi connectivity index (χ2v) is 6.67. The largest absolute Gasteiger partial charge is 0.444 e. The maximum absolute atomic E-state index is 11.5. The van der Waals surface area contributed by atoms with Crippen molar-refractivity contribution < 1.29 is 19.7 Å². The van der Waals surface area contributed by atoms with Crippen molar-refractivity contribution in [3.8, 4) is 0 Å². The summed E-state index contributed by atoms with van der Waals surface area (Å²) in [7, 11) is 0. The summed E-state index contributed by atoms with van der Waals surface area (Å²) in [5.41, 5.74) is -0.247. The van der Waals surface area contributed by atoms with Crippen molar-refractivity contribution in [3.05, 3.63) is 27.5 Å². The first-order valence-electron chi connectivity index (χ1n) is 6.24. The lowest BCUT2D eigenvalue weighted by molar-refractivity contribution is 0.0125. The highest BCUT2D eigenvalue weighted by molar-refractivity contribution is 9.10. The molecule has 0 spiro atoms. The van der Waals surface area contributed by atoms with Gasteiger partial charge in [0.15, 0.2) is 0 Å². The number of carbonyl (C=O) groups is 1. The molecule has 0 saturated heterocycles. The van der Waals surface area contributed by atoms with Crippen LogP contribution in [0.4, 0.5) is 4.79 Å². The fourth-order valence-electron chi connectivity index (χ4n) is 1.48. The van der Waals surface area contributed by atoms with Gasteiger partial charge in [0.2, 0.25) is 0 Å². The lowest BCUT2D eigenvalue weighted by Gasteiger charge is -2.22. The summed E-state index contributed by atoms with van der Waals surface area (Å²) in [4.78, 5) is 15.3. The molecule has 2 atom stereocenters. The molecule has 0 aliphatic rings. The summed E-state index contributed by atoms with van der Waals surface area (Å²) in [6.07, 6.45) is -1.68. The van der Waals surface area contributed by atoms with Gasteiger partial charge in [-0.05, 0) is 42.8 Å². The second kappa shape index (κ2) is 7.40. The van der Waals surface area contributed by atoms with Crippen LogP contribution in [-0.2, 0) is 4.74 Å². The van der Waals surface area contributed by atoms with E-state index < -0.39 is 23.9 Å². The minimum atomic E-state index is -1.23. The monoisotopic (exact) mass is 380 g/mol. The van der Waals surface area contributed by atoms with Crippen LogP contribution in [0.1, 0.15) is 32.4 Å². The summed E-state index contributed by atoms with van der Waals surface area (Å²) in [6, 6.07) is 1.44. The van der Waals surface area contributed by atoms with Gasteiger partial charge in [-0.2, -0.15) is 0 Å². The summed E-state index contributed by atoms with van der Waals surface area (Å²) >= 11 is 8.97. The highest BCUT2D eigenvalue weighted by atomic mass is 79.9. The van der Waals surface area contributed by atoms with Crippen molar-refractivity contribution in [2.24, 2.45) is 0 Å². The van der Waals surface area contributed by atoms with Gasteiger partial charge in [0.1, 0.15) is 23.0 Å². The van der Waals surface area contributed by atoms with E-state index in [9.17, 15) is 15.0 Å². The van der Waals surface area contributed by atoms with E-state index in [1.54, 1.807) is 20.8 Å². The number of halogens is 2. The Morgan fingerprint density at radius 2 is 2.14 bits per heavy atom. The van der Waals surface area contributed by atoms with Crippen LogP contribution in [0.15, 0.2) is 16.7 Å². The first kappa shape index (κ1) is 18.2. The number of nitrogens with zero attached hydrogens (tertiary/aromatic N) is 1. The molecule has 1 amide bonds. The van der Waals surface area contributed by atoms with Crippen molar-refractivity contribution in [3.63, 3.8) is 0 Å². The Kier molecular flexibility index (Phi) is 6.40. The Labute approximate surface area is 136 Å². The topological polar surface area (TPSA) is 91.7 Å². The van der Waals surface area contributed by atoms with E-state index in [0.29, 0.717) is 10.0 Å². The van der Waals surface area contributed by atoms with Crippen molar-refractivity contribution in [1.29, 1.82) is 0 Å². The zero-order valence-electron chi connectivity index (χ0n) is 11.9. The van der Waals surface area contributed by atoms with Crippen LogP contribution >= 0.6 is 27.5 Å². The van der Waals surface area contributed by atoms with E-state index in [4.69, 9.17) is 16.3 Å². The molecule has 0 aliphatic carbocycles. The summed E-state index contributed by atoms with van der Waals surface area (Å²) < 4.78 is 5.54. The predicted octanol–water partition coefficient (Wildman–Crippen LogP) is 2.42. The fraction of sp³-hybridized carbons (Fsp3) is 0.538. The molecule has 3 N–H and O–H groups in total. The lowest BCUT2D eigenvalue weighted by atomic mass is 10.1. The number of pyridine rings is 1. The van der Waals surface area contributed by atoms with Crippen molar-refractivity contribution in [2.45, 2.75) is 38.6 Å². The summed E-state index contributed by atoms with van der Waals surface area (Å²) in [5, 5.41) is 22.6. The van der Waals surface area contributed by atoms with E-state index >= 15 is 0 Å². The van der Waals surface area contributed by atoms with Gasteiger partial charge in [0, 0.05) is 22.8 Å². The SMILES string of the molecule is CC(C)(C)OC(=O)NCC(O)C(O)c1cc(Cl)ncc1Br. The van der Waals surface area contributed by atoms with Crippen LogP contribution in [-0.4, -0.2) is 39.5 Å². The van der Waals surface area contributed by atoms with Crippen molar-refractivity contribution in [1.82, 2.24) is 10.3 Å². The third kappa shape index (κ3) is 6.17. The molecule has 0 bridgehead atoms. The number of rotatable bonds is 4. The number of ether oxygens (including phenoxy) is 1. The van der Waals surface area contributed by atoms with Crippen LogP contribution in [0.3, 0.4) is 0 Å². The van der Waals surface area contributed by atoms with Crippen molar-refractivity contribution in [2.75, 3.05) is 6.54 Å². The van der Waals surface area contributed by atoms with E-state index in [-0.39, 0.29) is 11.7 Å². The Morgan fingerprint density at radius 3 is 2.71 bits per heavy atom. The number of alkyl carbamates (subject to hydrolysis) is 1. The average molecular weight is 382 g/mol. The number of aliphatic hydroxyl groups excluding tert-OH is 2. The van der Waals surface area contributed by atoms with Crippen LogP contribution in [0, 0.1) is 0 Å². The third-order valence-corrected chi connectivity index (χ3v) is 3.26. The molecule has 1 heterocycles. The van der Waals surface area contributed by atoms with E-state index in [1.807, 2.05) is 0 Å². The Hall–Kier alpha value is -0.890. The quantitative estimate of drug-likeness (QED) is 0.697. The molecule has 0 fully saturated rings. The Balaban J connectivity index is 2.61. The first-order chi connectivity index (χ1) is 9.60.